The number of rotatable bonds is 4. The Morgan fingerprint density at radius 3 is 2.52 bits per heavy atom. The maximum Gasteiger partial charge on any atom is 0.261 e. The fraction of sp³-hybridized carbons (Fsp3) is 0.235. The van der Waals surface area contributed by atoms with Crippen LogP contribution < -0.4 is 14.4 Å². The van der Waals surface area contributed by atoms with Crippen molar-refractivity contribution >= 4 is 43.2 Å². The van der Waals surface area contributed by atoms with Crippen molar-refractivity contribution in [1.29, 1.82) is 0 Å². The van der Waals surface area contributed by atoms with E-state index in [-0.39, 0.29) is 10.8 Å². The minimum absolute atomic E-state index is 0.119. The zero-order valence-electron chi connectivity index (χ0n) is 13.7. The Labute approximate surface area is 155 Å². The highest BCUT2D eigenvalue weighted by atomic mass is 79.9. The normalized spacial score (nSPS) is 13.5. The number of sulfonamides is 1. The van der Waals surface area contributed by atoms with E-state index in [4.69, 9.17) is 4.74 Å². The highest BCUT2D eigenvalue weighted by molar-refractivity contribution is 9.10. The van der Waals surface area contributed by atoms with Crippen LogP contribution in [0.3, 0.4) is 0 Å². The molecule has 0 saturated heterocycles. The summed E-state index contributed by atoms with van der Waals surface area (Å²) < 4.78 is 33.8. The number of benzene rings is 2. The topological polar surface area (TPSA) is 75.7 Å². The second kappa shape index (κ2) is 6.68. The summed E-state index contributed by atoms with van der Waals surface area (Å²) in [6.07, 6.45) is 0.686. The molecule has 0 radical (unpaired) electrons. The predicted molar refractivity (Wildman–Crippen MR) is 99.7 cm³/mol. The first-order valence-corrected chi connectivity index (χ1v) is 9.87. The van der Waals surface area contributed by atoms with Crippen LogP contribution >= 0.6 is 15.9 Å². The average molecular weight is 425 g/mol. The molecule has 0 atom stereocenters. The highest BCUT2D eigenvalue weighted by Crippen LogP contribution is 2.39. The van der Waals surface area contributed by atoms with Crippen molar-refractivity contribution in [2.45, 2.75) is 18.2 Å². The molecule has 1 N–H and O–H groups in total. The van der Waals surface area contributed by atoms with E-state index in [1.807, 2.05) is 6.07 Å². The van der Waals surface area contributed by atoms with Crippen LogP contribution in [0.2, 0.25) is 0 Å². The molecule has 1 aliphatic rings. The molecule has 6 nitrogen and oxygen atoms in total. The summed E-state index contributed by atoms with van der Waals surface area (Å²) >= 11 is 3.40. The minimum Gasteiger partial charge on any atom is -0.497 e. The van der Waals surface area contributed by atoms with Gasteiger partial charge in [0, 0.05) is 17.9 Å². The number of halogens is 1. The van der Waals surface area contributed by atoms with Crippen LogP contribution in [0.1, 0.15) is 12.5 Å². The van der Waals surface area contributed by atoms with Gasteiger partial charge in [-0.05, 0) is 48.4 Å². The van der Waals surface area contributed by atoms with Crippen LogP contribution in [0.15, 0.2) is 45.8 Å². The van der Waals surface area contributed by atoms with Crippen molar-refractivity contribution in [3.63, 3.8) is 0 Å². The van der Waals surface area contributed by atoms with Gasteiger partial charge in [-0.15, -0.1) is 0 Å². The molecule has 2 aromatic carbocycles. The lowest BCUT2D eigenvalue weighted by Crippen LogP contribution is -2.27. The van der Waals surface area contributed by atoms with Crippen LogP contribution in [-0.4, -0.2) is 28.0 Å². The standard InChI is InChI=1S/C17H17BrN2O4S/c1-11(21)20-8-7-12-9-13(18)10-16(17(12)20)19-25(22,23)15-5-3-14(24-2)4-6-15/h3-6,9-10,19H,7-8H2,1-2H3. The van der Waals surface area contributed by atoms with E-state index in [0.29, 0.717) is 30.1 Å². The van der Waals surface area contributed by atoms with Gasteiger partial charge in [0.1, 0.15) is 5.75 Å². The van der Waals surface area contributed by atoms with Gasteiger partial charge in [-0.2, -0.15) is 0 Å². The first-order valence-electron chi connectivity index (χ1n) is 7.59. The largest absolute Gasteiger partial charge is 0.497 e. The van der Waals surface area contributed by atoms with Gasteiger partial charge >= 0.3 is 0 Å². The van der Waals surface area contributed by atoms with E-state index < -0.39 is 10.0 Å². The molecule has 0 bridgehead atoms. The third-order valence-electron chi connectivity index (χ3n) is 4.02. The second-order valence-electron chi connectivity index (χ2n) is 5.66. The molecule has 132 valence electrons. The molecule has 25 heavy (non-hydrogen) atoms. The fourth-order valence-electron chi connectivity index (χ4n) is 2.86. The van der Waals surface area contributed by atoms with E-state index in [2.05, 4.69) is 20.7 Å². The smallest absolute Gasteiger partial charge is 0.261 e. The second-order valence-corrected chi connectivity index (χ2v) is 8.26. The number of carbonyl (C=O) groups excluding carboxylic acids is 1. The number of fused-ring (bicyclic) bond motifs is 1. The highest BCUT2D eigenvalue weighted by Gasteiger charge is 2.28. The summed E-state index contributed by atoms with van der Waals surface area (Å²) in [5, 5.41) is 0. The van der Waals surface area contributed by atoms with Crippen LogP contribution in [0.25, 0.3) is 0 Å². The maximum atomic E-state index is 12.7. The SMILES string of the molecule is COc1ccc(S(=O)(=O)Nc2cc(Br)cc3c2N(C(C)=O)CC3)cc1. The Balaban J connectivity index is 2.01. The Bertz CT molecular complexity index is 926. The molecule has 1 amide bonds. The van der Waals surface area contributed by atoms with Gasteiger partial charge in [0.25, 0.3) is 10.0 Å². The van der Waals surface area contributed by atoms with Crippen molar-refractivity contribution < 1.29 is 17.9 Å². The van der Waals surface area contributed by atoms with Gasteiger partial charge < -0.3 is 9.64 Å². The van der Waals surface area contributed by atoms with Gasteiger partial charge in [-0.1, -0.05) is 15.9 Å². The first kappa shape index (κ1) is 17.8. The summed E-state index contributed by atoms with van der Waals surface area (Å²) in [5.41, 5.74) is 1.93. The van der Waals surface area contributed by atoms with Crippen molar-refractivity contribution in [1.82, 2.24) is 0 Å². The van der Waals surface area contributed by atoms with E-state index in [0.717, 1.165) is 10.0 Å². The van der Waals surface area contributed by atoms with Crippen molar-refractivity contribution in [3.05, 3.63) is 46.4 Å². The molecule has 0 spiro atoms. The third kappa shape index (κ3) is 3.50. The summed E-state index contributed by atoms with van der Waals surface area (Å²) in [6.45, 7) is 2.01. The number of ether oxygens (including phenoxy) is 1. The molecule has 3 rings (SSSR count). The Hall–Kier alpha value is -2.06. The minimum atomic E-state index is -3.79. The molecule has 1 heterocycles. The number of hydrogen-bond acceptors (Lipinski definition) is 4. The van der Waals surface area contributed by atoms with Crippen molar-refractivity contribution in [2.24, 2.45) is 0 Å². The van der Waals surface area contributed by atoms with Gasteiger partial charge in [0.05, 0.1) is 23.4 Å². The van der Waals surface area contributed by atoms with Gasteiger partial charge in [-0.25, -0.2) is 8.42 Å². The molecular formula is C17H17BrN2O4S. The van der Waals surface area contributed by atoms with Crippen LogP contribution in [0, 0.1) is 0 Å². The Morgan fingerprint density at radius 2 is 1.92 bits per heavy atom. The lowest BCUT2D eigenvalue weighted by Gasteiger charge is -2.20. The molecule has 0 aromatic heterocycles. The lowest BCUT2D eigenvalue weighted by molar-refractivity contribution is -0.116. The van der Waals surface area contributed by atoms with Crippen LogP contribution in [0.4, 0.5) is 11.4 Å². The van der Waals surface area contributed by atoms with Gasteiger partial charge in [0.2, 0.25) is 5.91 Å². The fourth-order valence-corrected chi connectivity index (χ4v) is 4.42. The zero-order valence-corrected chi connectivity index (χ0v) is 16.1. The van der Waals surface area contributed by atoms with E-state index >= 15 is 0 Å². The van der Waals surface area contributed by atoms with Gasteiger partial charge in [0.15, 0.2) is 0 Å². The molecule has 2 aromatic rings. The van der Waals surface area contributed by atoms with Crippen LogP contribution in [-0.2, 0) is 21.2 Å². The average Bonchev–Trinajstić information content (AvgIpc) is 2.98. The Kier molecular flexibility index (Phi) is 4.75. The van der Waals surface area contributed by atoms with E-state index in [9.17, 15) is 13.2 Å². The predicted octanol–water partition coefficient (Wildman–Crippen LogP) is 3.17. The molecule has 0 fully saturated rings. The number of hydrogen-bond donors (Lipinski definition) is 1. The number of carbonyl (C=O) groups is 1. The molecule has 0 saturated carbocycles. The van der Waals surface area contributed by atoms with Crippen LogP contribution in [0.5, 0.6) is 5.75 Å². The number of amides is 1. The molecule has 0 aliphatic carbocycles. The van der Waals surface area contributed by atoms with E-state index in [1.54, 1.807) is 23.1 Å². The molecule has 8 heteroatoms. The Morgan fingerprint density at radius 1 is 1.24 bits per heavy atom. The monoisotopic (exact) mass is 424 g/mol. The summed E-state index contributed by atoms with van der Waals surface area (Å²) in [6, 6.07) is 9.69. The number of methoxy groups -OCH3 is 1. The first-order chi connectivity index (χ1) is 11.8. The number of anilines is 2. The lowest BCUT2D eigenvalue weighted by atomic mass is 10.1. The third-order valence-corrected chi connectivity index (χ3v) is 5.86. The maximum absolute atomic E-state index is 12.7. The van der Waals surface area contributed by atoms with Gasteiger partial charge in [-0.3, -0.25) is 9.52 Å². The molecule has 1 aliphatic heterocycles. The summed E-state index contributed by atoms with van der Waals surface area (Å²) in [7, 11) is -2.27. The summed E-state index contributed by atoms with van der Waals surface area (Å²) in [4.78, 5) is 13.6. The number of nitrogens with one attached hydrogen (secondary N) is 1. The quantitative estimate of drug-likeness (QED) is 0.817. The molecular weight excluding hydrogens is 408 g/mol. The number of nitrogens with zero attached hydrogens (tertiary/aromatic N) is 1. The van der Waals surface area contributed by atoms with Crippen molar-refractivity contribution in [3.8, 4) is 5.75 Å². The summed E-state index contributed by atoms with van der Waals surface area (Å²) in [5.74, 6) is 0.455. The van der Waals surface area contributed by atoms with E-state index in [1.165, 1.54) is 26.2 Å². The molecule has 0 unspecified atom stereocenters. The zero-order chi connectivity index (χ0) is 18.2. The van der Waals surface area contributed by atoms with Crippen molar-refractivity contribution in [2.75, 3.05) is 23.3 Å².